The van der Waals surface area contributed by atoms with Crippen LogP contribution in [0.25, 0.3) is 0 Å². The molecule has 0 aromatic carbocycles. The minimum absolute atomic E-state index is 0.280. The van der Waals surface area contributed by atoms with Gasteiger partial charge in [0.05, 0.1) is 6.61 Å². The van der Waals surface area contributed by atoms with Gasteiger partial charge in [0, 0.05) is 6.04 Å². The molecule has 0 unspecified atom stereocenters. The van der Waals surface area contributed by atoms with E-state index in [0.717, 1.165) is 18.9 Å². The highest BCUT2D eigenvalue weighted by molar-refractivity contribution is 4.91. The Hall–Kier alpha value is -0.0800. The molecule has 90 valence electrons. The minimum Gasteiger partial charge on any atom is -0.395 e. The molecule has 0 aliphatic heterocycles. The van der Waals surface area contributed by atoms with Crippen molar-refractivity contribution in [2.45, 2.75) is 58.9 Å². The van der Waals surface area contributed by atoms with E-state index in [-0.39, 0.29) is 6.61 Å². The molecule has 0 radical (unpaired) electrons. The third-order valence-electron chi connectivity index (χ3n) is 4.28. The zero-order chi connectivity index (χ0) is 11.3. The van der Waals surface area contributed by atoms with Crippen LogP contribution in [0, 0.1) is 11.3 Å². The maximum atomic E-state index is 9.22. The lowest BCUT2D eigenvalue weighted by molar-refractivity contribution is 0.0483. The summed E-state index contributed by atoms with van der Waals surface area (Å²) < 4.78 is 0. The lowest BCUT2D eigenvalue weighted by Gasteiger charge is -2.46. The summed E-state index contributed by atoms with van der Waals surface area (Å²) in [6.45, 7) is 8.03. The van der Waals surface area contributed by atoms with Crippen LogP contribution in [0.3, 0.4) is 0 Å². The molecular formula is C13H27NO. The van der Waals surface area contributed by atoms with Gasteiger partial charge in [-0.25, -0.2) is 0 Å². The Morgan fingerprint density at radius 2 is 2.00 bits per heavy atom. The molecule has 15 heavy (non-hydrogen) atoms. The van der Waals surface area contributed by atoms with Crippen LogP contribution in [0.5, 0.6) is 0 Å². The highest BCUT2D eigenvalue weighted by Crippen LogP contribution is 2.50. The number of hydrogen-bond donors (Lipinski definition) is 2. The standard InChI is InChI=1S/C13H27NO/c1-4-14-12(10-15)6-9-13(11(2)3)7-5-8-13/h11-12,14-15H,4-10H2,1-3H3/t12-/m0/s1. The predicted molar refractivity (Wildman–Crippen MR) is 64.9 cm³/mol. The number of likely N-dealkylation sites (N-methyl/N-ethyl adjacent to an activating group) is 1. The molecule has 0 aromatic rings. The van der Waals surface area contributed by atoms with Crippen molar-refractivity contribution in [1.82, 2.24) is 5.32 Å². The lowest BCUT2D eigenvalue weighted by Crippen LogP contribution is -2.39. The first-order valence-corrected chi connectivity index (χ1v) is 6.49. The molecule has 0 saturated heterocycles. The van der Waals surface area contributed by atoms with Crippen LogP contribution >= 0.6 is 0 Å². The van der Waals surface area contributed by atoms with Gasteiger partial charge >= 0.3 is 0 Å². The van der Waals surface area contributed by atoms with E-state index in [9.17, 15) is 5.11 Å². The van der Waals surface area contributed by atoms with E-state index in [1.165, 1.54) is 25.7 Å². The molecule has 0 spiro atoms. The van der Waals surface area contributed by atoms with Gasteiger partial charge in [0.25, 0.3) is 0 Å². The van der Waals surface area contributed by atoms with Crippen LogP contribution in [-0.2, 0) is 0 Å². The Kier molecular flexibility index (Phi) is 5.07. The van der Waals surface area contributed by atoms with Crippen LogP contribution in [0.4, 0.5) is 0 Å². The van der Waals surface area contributed by atoms with Gasteiger partial charge in [0.2, 0.25) is 0 Å². The number of nitrogens with one attached hydrogen (secondary N) is 1. The van der Waals surface area contributed by atoms with E-state index >= 15 is 0 Å². The van der Waals surface area contributed by atoms with E-state index < -0.39 is 0 Å². The van der Waals surface area contributed by atoms with Crippen molar-refractivity contribution >= 4 is 0 Å². The third-order valence-corrected chi connectivity index (χ3v) is 4.28. The van der Waals surface area contributed by atoms with Crippen LogP contribution in [0.2, 0.25) is 0 Å². The molecule has 1 atom stereocenters. The molecule has 0 aromatic heterocycles. The fourth-order valence-electron chi connectivity index (χ4n) is 2.76. The monoisotopic (exact) mass is 213 g/mol. The summed E-state index contributed by atoms with van der Waals surface area (Å²) in [5.74, 6) is 0.798. The Labute approximate surface area is 94.5 Å². The van der Waals surface area contributed by atoms with E-state index in [4.69, 9.17) is 0 Å². The second-order valence-electron chi connectivity index (χ2n) is 5.35. The molecule has 1 fully saturated rings. The summed E-state index contributed by atoms with van der Waals surface area (Å²) >= 11 is 0. The van der Waals surface area contributed by atoms with E-state index in [1.807, 2.05) is 0 Å². The van der Waals surface area contributed by atoms with Gasteiger partial charge in [0.15, 0.2) is 0 Å². The second kappa shape index (κ2) is 5.86. The molecule has 1 saturated carbocycles. The van der Waals surface area contributed by atoms with Gasteiger partial charge in [0.1, 0.15) is 0 Å². The van der Waals surface area contributed by atoms with Gasteiger partial charge < -0.3 is 10.4 Å². The third kappa shape index (κ3) is 3.18. The largest absolute Gasteiger partial charge is 0.395 e. The van der Waals surface area contributed by atoms with Gasteiger partial charge in [-0.3, -0.25) is 0 Å². The molecule has 2 heteroatoms. The van der Waals surface area contributed by atoms with Crippen molar-refractivity contribution in [1.29, 1.82) is 0 Å². The van der Waals surface area contributed by atoms with Gasteiger partial charge in [-0.2, -0.15) is 0 Å². The Morgan fingerprint density at radius 3 is 2.33 bits per heavy atom. The van der Waals surface area contributed by atoms with Crippen LogP contribution < -0.4 is 5.32 Å². The van der Waals surface area contributed by atoms with Crippen LogP contribution in [0.1, 0.15) is 52.9 Å². The molecule has 1 aliphatic rings. The first-order valence-electron chi connectivity index (χ1n) is 6.49. The minimum atomic E-state index is 0.280. The lowest BCUT2D eigenvalue weighted by atomic mass is 9.59. The molecule has 0 bridgehead atoms. The Morgan fingerprint density at radius 1 is 1.33 bits per heavy atom. The fraction of sp³-hybridized carbons (Fsp3) is 1.00. The van der Waals surface area contributed by atoms with Gasteiger partial charge in [-0.1, -0.05) is 27.2 Å². The number of aliphatic hydroxyl groups excluding tert-OH is 1. The van der Waals surface area contributed by atoms with Crippen molar-refractivity contribution in [2.24, 2.45) is 11.3 Å². The molecule has 2 nitrogen and oxygen atoms in total. The van der Waals surface area contributed by atoms with Gasteiger partial charge in [-0.05, 0) is 43.6 Å². The number of rotatable bonds is 7. The predicted octanol–water partition coefficient (Wildman–Crippen LogP) is 2.56. The molecule has 2 N–H and O–H groups in total. The average Bonchev–Trinajstić information content (AvgIpc) is 2.13. The normalized spacial score (nSPS) is 21.4. The van der Waals surface area contributed by atoms with Crippen LogP contribution in [-0.4, -0.2) is 24.3 Å². The quantitative estimate of drug-likeness (QED) is 0.681. The number of hydrogen-bond acceptors (Lipinski definition) is 2. The smallest absolute Gasteiger partial charge is 0.0584 e. The average molecular weight is 213 g/mol. The van der Waals surface area contributed by atoms with Crippen molar-refractivity contribution in [3.05, 3.63) is 0 Å². The summed E-state index contributed by atoms with van der Waals surface area (Å²) in [6.07, 6.45) is 6.61. The molecule has 1 aliphatic carbocycles. The Balaban J connectivity index is 2.33. The maximum Gasteiger partial charge on any atom is 0.0584 e. The van der Waals surface area contributed by atoms with E-state index in [2.05, 4.69) is 26.1 Å². The zero-order valence-electron chi connectivity index (χ0n) is 10.6. The van der Waals surface area contributed by atoms with Crippen molar-refractivity contribution in [3.63, 3.8) is 0 Å². The van der Waals surface area contributed by atoms with Crippen LogP contribution in [0.15, 0.2) is 0 Å². The van der Waals surface area contributed by atoms with Crippen molar-refractivity contribution in [2.75, 3.05) is 13.2 Å². The first kappa shape index (κ1) is 13.0. The summed E-state index contributed by atoms with van der Waals surface area (Å²) in [4.78, 5) is 0. The molecule has 0 amide bonds. The Bertz CT molecular complexity index is 175. The molecular weight excluding hydrogens is 186 g/mol. The number of aliphatic hydroxyl groups is 1. The molecule has 0 heterocycles. The topological polar surface area (TPSA) is 32.3 Å². The maximum absolute atomic E-state index is 9.22. The van der Waals surface area contributed by atoms with Gasteiger partial charge in [-0.15, -0.1) is 0 Å². The SMILES string of the molecule is CCN[C@H](CO)CCC1(C(C)C)CCC1. The summed E-state index contributed by atoms with van der Waals surface area (Å²) in [5.41, 5.74) is 0.600. The zero-order valence-corrected chi connectivity index (χ0v) is 10.6. The second-order valence-corrected chi connectivity index (χ2v) is 5.35. The highest BCUT2D eigenvalue weighted by atomic mass is 16.3. The van der Waals surface area contributed by atoms with Crippen molar-refractivity contribution in [3.8, 4) is 0 Å². The fourth-order valence-corrected chi connectivity index (χ4v) is 2.76. The summed E-state index contributed by atoms with van der Waals surface area (Å²) in [7, 11) is 0. The molecule has 1 rings (SSSR count). The highest BCUT2D eigenvalue weighted by Gasteiger charge is 2.39. The van der Waals surface area contributed by atoms with E-state index in [0.29, 0.717) is 11.5 Å². The summed E-state index contributed by atoms with van der Waals surface area (Å²) in [5, 5.41) is 12.6. The van der Waals surface area contributed by atoms with E-state index in [1.54, 1.807) is 0 Å². The summed E-state index contributed by atoms with van der Waals surface area (Å²) in [6, 6.07) is 0.311. The van der Waals surface area contributed by atoms with Crippen molar-refractivity contribution < 1.29 is 5.11 Å². The first-order chi connectivity index (χ1) is 7.14.